The Morgan fingerprint density at radius 1 is 1.53 bits per heavy atom. The van der Waals surface area contributed by atoms with Gasteiger partial charge in [0.1, 0.15) is 0 Å². The minimum absolute atomic E-state index is 0.0971. The van der Waals surface area contributed by atoms with Crippen molar-refractivity contribution in [2.45, 2.75) is 6.42 Å². The van der Waals surface area contributed by atoms with Gasteiger partial charge < -0.3 is 16.0 Å². The Hall–Kier alpha value is -1.59. The highest BCUT2D eigenvalue weighted by Crippen LogP contribution is 2.31. The highest BCUT2D eigenvalue weighted by atomic mass is 35.5. The summed E-state index contributed by atoms with van der Waals surface area (Å²) in [6.07, 6.45) is 0.248. The molecule has 0 aromatic heterocycles. The molecule has 5 nitrogen and oxygen atoms in total. The smallest absolute Gasteiger partial charge is 0.240 e. The van der Waals surface area contributed by atoms with E-state index < -0.39 is 0 Å². The third-order valence-corrected chi connectivity index (χ3v) is 2.80. The zero-order valence-electron chi connectivity index (χ0n) is 9.07. The molecule has 17 heavy (non-hydrogen) atoms. The van der Waals surface area contributed by atoms with Crippen molar-refractivity contribution in [3.63, 3.8) is 0 Å². The van der Waals surface area contributed by atoms with Gasteiger partial charge in [-0.1, -0.05) is 11.6 Å². The number of benzene rings is 1. The van der Waals surface area contributed by atoms with Gasteiger partial charge in [0.05, 0.1) is 17.9 Å². The SMILES string of the molecule is NCC(=O)N1CCC(=O)Nc2ccc(Cl)cc21. The lowest BCUT2D eigenvalue weighted by Crippen LogP contribution is -2.36. The van der Waals surface area contributed by atoms with Crippen LogP contribution in [-0.2, 0) is 9.59 Å². The molecule has 0 saturated heterocycles. The number of nitrogens with one attached hydrogen (secondary N) is 1. The van der Waals surface area contributed by atoms with Crippen LogP contribution in [0.15, 0.2) is 18.2 Å². The highest BCUT2D eigenvalue weighted by molar-refractivity contribution is 6.31. The van der Waals surface area contributed by atoms with Crippen LogP contribution in [0.3, 0.4) is 0 Å². The minimum Gasteiger partial charge on any atom is -0.324 e. The van der Waals surface area contributed by atoms with Crippen LogP contribution in [0.4, 0.5) is 11.4 Å². The Labute approximate surface area is 104 Å². The number of anilines is 2. The first-order chi connectivity index (χ1) is 8.11. The quantitative estimate of drug-likeness (QED) is 0.783. The molecular weight excluding hydrogens is 242 g/mol. The summed E-state index contributed by atoms with van der Waals surface area (Å²) in [5.74, 6) is -0.356. The van der Waals surface area contributed by atoms with E-state index in [9.17, 15) is 9.59 Å². The lowest BCUT2D eigenvalue weighted by atomic mass is 10.2. The van der Waals surface area contributed by atoms with Crippen LogP contribution >= 0.6 is 11.6 Å². The number of carbonyl (C=O) groups is 2. The monoisotopic (exact) mass is 253 g/mol. The first kappa shape index (κ1) is 11.9. The predicted molar refractivity (Wildman–Crippen MR) is 66.1 cm³/mol. The Morgan fingerprint density at radius 3 is 3.00 bits per heavy atom. The Kier molecular flexibility index (Phi) is 3.31. The van der Waals surface area contributed by atoms with E-state index in [1.54, 1.807) is 18.2 Å². The first-order valence-electron chi connectivity index (χ1n) is 5.21. The third kappa shape index (κ3) is 2.40. The van der Waals surface area contributed by atoms with E-state index in [4.69, 9.17) is 17.3 Å². The molecule has 0 saturated carbocycles. The van der Waals surface area contributed by atoms with Gasteiger partial charge in [-0.05, 0) is 18.2 Å². The summed E-state index contributed by atoms with van der Waals surface area (Å²) < 4.78 is 0. The van der Waals surface area contributed by atoms with Crippen molar-refractivity contribution in [2.24, 2.45) is 5.73 Å². The number of hydrogen-bond donors (Lipinski definition) is 2. The molecule has 1 aliphatic rings. The molecular formula is C11H12ClN3O2. The van der Waals surface area contributed by atoms with Crippen LogP contribution in [-0.4, -0.2) is 24.9 Å². The Bertz CT molecular complexity index is 476. The van der Waals surface area contributed by atoms with Gasteiger partial charge in [-0.25, -0.2) is 0 Å². The second-order valence-corrected chi connectivity index (χ2v) is 4.15. The Balaban J connectivity index is 2.47. The fourth-order valence-corrected chi connectivity index (χ4v) is 1.92. The fraction of sp³-hybridized carbons (Fsp3) is 0.273. The van der Waals surface area contributed by atoms with Crippen molar-refractivity contribution in [2.75, 3.05) is 23.3 Å². The number of rotatable bonds is 1. The number of halogens is 1. The Morgan fingerprint density at radius 2 is 2.29 bits per heavy atom. The third-order valence-electron chi connectivity index (χ3n) is 2.56. The van der Waals surface area contributed by atoms with E-state index in [1.807, 2.05) is 0 Å². The molecule has 6 heteroatoms. The fourth-order valence-electron chi connectivity index (χ4n) is 1.75. The number of fused-ring (bicyclic) bond motifs is 1. The second-order valence-electron chi connectivity index (χ2n) is 3.71. The summed E-state index contributed by atoms with van der Waals surface area (Å²) in [6, 6.07) is 4.99. The van der Waals surface area contributed by atoms with Crippen LogP contribution in [0, 0.1) is 0 Å². The van der Waals surface area contributed by atoms with Gasteiger partial charge in [0.2, 0.25) is 11.8 Å². The highest BCUT2D eigenvalue weighted by Gasteiger charge is 2.23. The van der Waals surface area contributed by atoms with Gasteiger partial charge in [0.25, 0.3) is 0 Å². The predicted octanol–water partition coefficient (Wildman–Crippen LogP) is 0.974. The largest absolute Gasteiger partial charge is 0.324 e. The van der Waals surface area contributed by atoms with Crippen LogP contribution in [0.1, 0.15) is 6.42 Å². The number of hydrogen-bond acceptors (Lipinski definition) is 3. The molecule has 1 aliphatic heterocycles. The van der Waals surface area contributed by atoms with Crippen molar-refractivity contribution < 1.29 is 9.59 Å². The molecule has 1 heterocycles. The molecule has 0 atom stereocenters. The van der Waals surface area contributed by atoms with Gasteiger partial charge in [-0.3, -0.25) is 9.59 Å². The first-order valence-corrected chi connectivity index (χ1v) is 5.59. The molecule has 0 spiro atoms. The van der Waals surface area contributed by atoms with Crippen molar-refractivity contribution in [3.8, 4) is 0 Å². The van der Waals surface area contributed by atoms with Gasteiger partial charge in [0, 0.05) is 18.0 Å². The number of nitrogens with zero attached hydrogens (tertiary/aromatic N) is 1. The zero-order valence-corrected chi connectivity index (χ0v) is 9.83. The summed E-state index contributed by atoms with van der Waals surface area (Å²) in [5.41, 5.74) is 6.53. The van der Waals surface area contributed by atoms with E-state index in [-0.39, 0.29) is 24.8 Å². The molecule has 0 fully saturated rings. The summed E-state index contributed by atoms with van der Waals surface area (Å²) in [5, 5.41) is 3.24. The zero-order chi connectivity index (χ0) is 12.4. The molecule has 3 N–H and O–H groups in total. The van der Waals surface area contributed by atoms with Gasteiger partial charge >= 0.3 is 0 Å². The molecule has 1 aromatic rings. The van der Waals surface area contributed by atoms with Crippen LogP contribution < -0.4 is 16.0 Å². The molecule has 1 aromatic carbocycles. The number of amides is 2. The number of nitrogens with two attached hydrogens (primary N) is 1. The maximum Gasteiger partial charge on any atom is 0.240 e. The van der Waals surface area contributed by atoms with E-state index >= 15 is 0 Å². The summed E-state index contributed by atoms with van der Waals surface area (Å²) in [6.45, 7) is 0.218. The van der Waals surface area contributed by atoms with Crippen LogP contribution in [0.2, 0.25) is 5.02 Å². The number of carbonyl (C=O) groups excluding carboxylic acids is 2. The lowest BCUT2D eigenvalue weighted by molar-refractivity contribution is -0.117. The molecule has 0 radical (unpaired) electrons. The maximum absolute atomic E-state index is 11.7. The van der Waals surface area contributed by atoms with Crippen LogP contribution in [0.25, 0.3) is 0 Å². The lowest BCUT2D eigenvalue weighted by Gasteiger charge is -2.21. The standard InChI is InChI=1S/C11H12ClN3O2/c12-7-1-2-8-9(5-7)15(11(17)6-13)4-3-10(16)14-8/h1-2,5H,3-4,6,13H2,(H,14,16). The minimum atomic E-state index is -0.231. The van der Waals surface area contributed by atoms with E-state index in [0.29, 0.717) is 22.9 Å². The van der Waals surface area contributed by atoms with Gasteiger partial charge in [-0.2, -0.15) is 0 Å². The average Bonchev–Trinajstić information content (AvgIpc) is 2.47. The molecule has 2 rings (SSSR count). The topological polar surface area (TPSA) is 75.4 Å². The van der Waals surface area contributed by atoms with Crippen molar-refractivity contribution in [3.05, 3.63) is 23.2 Å². The van der Waals surface area contributed by atoms with Crippen LogP contribution in [0.5, 0.6) is 0 Å². The molecule has 0 bridgehead atoms. The molecule has 0 unspecified atom stereocenters. The van der Waals surface area contributed by atoms with Crippen molar-refractivity contribution >= 4 is 34.8 Å². The molecule has 90 valence electrons. The maximum atomic E-state index is 11.7. The molecule has 2 amide bonds. The summed E-state index contributed by atoms with van der Waals surface area (Å²) >= 11 is 5.90. The van der Waals surface area contributed by atoms with E-state index in [2.05, 4.69) is 5.32 Å². The molecule has 0 aliphatic carbocycles. The summed E-state index contributed by atoms with van der Waals surface area (Å²) in [7, 11) is 0. The normalized spacial score (nSPS) is 14.9. The van der Waals surface area contributed by atoms with Gasteiger partial charge in [0.15, 0.2) is 0 Å². The van der Waals surface area contributed by atoms with Crippen molar-refractivity contribution in [1.82, 2.24) is 0 Å². The van der Waals surface area contributed by atoms with E-state index in [0.717, 1.165) is 0 Å². The second kappa shape index (κ2) is 4.73. The summed E-state index contributed by atoms with van der Waals surface area (Å²) in [4.78, 5) is 24.7. The van der Waals surface area contributed by atoms with Gasteiger partial charge in [-0.15, -0.1) is 0 Å². The van der Waals surface area contributed by atoms with E-state index in [1.165, 1.54) is 4.90 Å². The average molecular weight is 254 g/mol. The van der Waals surface area contributed by atoms with Crippen molar-refractivity contribution in [1.29, 1.82) is 0 Å².